The average molecular weight is 434 g/mol. The Kier molecular flexibility index (Phi) is 9.47. The molecule has 2 N–H and O–H groups in total. The predicted octanol–water partition coefficient (Wildman–Crippen LogP) is 2.84. The van der Waals surface area contributed by atoms with Crippen LogP contribution >= 0.6 is 24.0 Å². The van der Waals surface area contributed by atoms with Crippen molar-refractivity contribution in [1.82, 2.24) is 15.5 Å². The van der Waals surface area contributed by atoms with Gasteiger partial charge in [0, 0.05) is 33.2 Å². The molecule has 0 bridgehead atoms. The Labute approximate surface area is 156 Å². The lowest BCUT2D eigenvalue weighted by atomic mass is 10.0. The summed E-state index contributed by atoms with van der Waals surface area (Å²) >= 11 is 0. The highest BCUT2D eigenvalue weighted by Gasteiger charge is 2.15. The van der Waals surface area contributed by atoms with Crippen molar-refractivity contribution in [3.63, 3.8) is 0 Å². The van der Waals surface area contributed by atoms with Crippen LogP contribution in [-0.4, -0.2) is 44.1 Å². The first-order chi connectivity index (χ1) is 10.7. The minimum Gasteiger partial charge on any atom is -0.355 e. The van der Waals surface area contributed by atoms with Gasteiger partial charge >= 0.3 is 0 Å². The van der Waals surface area contributed by atoms with Gasteiger partial charge in [-0.1, -0.05) is 19.1 Å². The number of guanidine groups is 1. The Bertz CT molecular complexity index is 478. The number of rotatable bonds is 5. The van der Waals surface area contributed by atoms with E-state index in [9.17, 15) is 4.39 Å². The number of aliphatic imine (C=N–C) groups is 1. The van der Waals surface area contributed by atoms with Gasteiger partial charge in [-0.05, 0) is 43.0 Å². The normalized spacial score (nSPS) is 19.1. The van der Waals surface area contributed by atoms with Gasteiger partial charge in [-0.2, -0.15) is 0 Å². The summed E-state index contributed by atoms with van der Waals surface area (Å²) in [5, 5.41) is 6.59. The molecule has 1 aliphatic heterocycles. The molecule has 2 rings (SSSR count). The molecule has 0 amide bonds. The number of hydrogen-bond donors (Lipinski definition) is 2. The number of halogens is 2. The van der Waals surface area contributed by atoms with E-state index in [4.69, 9.17) is 0 Å². The Hall–Kier alpha value is -0.890. The highest BCUT2D eigenvalue weighted by molar-refractivity contribution is 14.0. The quantitative estimate of drug-likeness (QED) is 0.426. The van der Waals surface area contributed by atoms with Crippen LogP contribution in [0, 0.1) is 11.7 Å². The van der Waals surface area contributed by atoms with Gasteiger partial charge in [-0.25, -0.2) is 4.39 Å². The SMILES string of the molecule is CN=C(NCCN1CCCC(C)C1)NCc1ccc(F)cc1.I. The topological polar surface area (TPSA) is 39.7 Å². The van der Waals surface area contributed by atoms with Crippen LogP contribution in [0.4, 0.5) is 4.39 Å². The van der Waals surface area contributed by atoms with E-state index in [1.807, 2.05) is 0 Å². The first kappa shape index (κ1) is 20.2. The number of nitrogens with zero attached hydrogens (tertiary/aromatic N) is 2. The molecule has 1 aliphatic rings. The fourth-order valence-electron chi connectivity index (χ4n) is 2.83. The Balaban J connectivity index is 0.00000264. The molecule has 0 spiro atoms. The smallest absolute Gasteiger partial charge is 0.191 e. The number of likely N-dealkylation sites (tertiary alicyclic amines) is 1. The number of nitrogens with one attached hydrogen (secondary N) is 2. The summed E-state index contributed by atoms with van der Waals surface area (Å²) in [6.07, 6.45) is 2.66. The zero-order valence-corrected chi connectivity index (χ0v) is 16.3. The fraction of sp³-hybridized carbons (Fsp3) is 0.588. The van der Waals surface area contributed by atoms with E-state index in [1.165, 1.54) is 38.1 Å². The number of hydrogen-bond acceptors (Lipinski definition) is 2. The highest BCUT2D eigenvalue weighted by atomic mass is 127. The molecule has 1 heterocycles. The number of benzene rings is 1. The van der Waals surface area contributed by atoms with Crippen LogP contribution in [0.5, 0.6) is 0 Å². The summed E-state index contributed by atoms with van der Waals surface area (Å²) in [4.78, 5) is 6.73. The molecule has 0 aliphatic carbocycles. The van der Waals surface area contributed by atoms with Crippen LogP contribution in [0.25, 0.3) is 0 Å². The molecule has 4 nitrogen and oxygen atoms in total. The third kappa shape index (κ3) is 7.48. The molecule has 1 unspecified atom stereocenters. The van der Waals surface area contributed by atoms with Crippen LogP contribution in [0.15, 0.2) is 29.3 Å². The van der Waals surface area contributed by atoms with Crippen LogP contribution < -0.4 is 10.6 Å². The van der Waals surface area contributed by atoms with Crippen molar-refractivity contribution < 1.29 is 4.39 Å². The summed E-state index contributed by atoms with van der Waals surface area (Å²) in [5.74, 6) is 1.39. The van der Waals surface area contributed by atoms with Gasteiger partial charge in [-0.3, -0.25) is 4.99 Å². The Morgan fingerprint density at radius 3 is 2.70 bits per heavy atom. The van der Waals surface area contributed by atoms with E-state index in [0.29, 0.717) is 6.54 Å². The molecule has 130 valence electrons. The second-order valence-corrected chi connectivity index (χ2v) is 6.03. The third-order valence-electron chi connectivity index (χ3n) is 4.06. The lowest BCUT2D eigenvalue weighted by Crippen LogP contribution is -2.43. The summed E-state index contributed by atoms with van der Waals surface area (Å²) in [6, 6.07) is 6.52. The lowest BCUT2D eigenvalue weighted by molar-refractivity contribution is 0.187. The second-order valence-electron chi connectivity index (χ2n) is 6.03. The van der Waals surface area contributed by atoms with Crippen LogP contribution in [0.1, 0.15) is 25.3 Å². The minimum absolute atomic E-state index is 0. The second kappa shape index (κ2) is 10.8. The maximum Gasteiger partial charge on any atom is 0.191 e. The third-order valence-corrected chi connectivity index (χ3v) is 4.06. The van der Waals surface area contributed by atoms with E-state index in [1.54, 1.807) is 19.2 Å². The van der Waals surface area contributed by atoms with Gasteiger partial charge in [0.1, 0.15) is 5.82 Å². The van der Waals surface area contributed by atoms with E-state index in [2.05, 4.69) is 27.4 Å². The standard InChI is InChI=1S/C17H27FN4.HI/c1-14-4-3-10-22(13-14)11-9-20-17(19-2)21-12-15-5-7-16(18)8-6-15;/h5-8,14H,3-4,9-13H2,1-2H3,(H2,19,20,21);1H. The summed E-state index contributed by atoms with van der Waals surface area (Å²) in [6.45, 7) is 7.29. The monoisotopic (exact) mass is 434 g/mol. The van der Waals surface area contributed by atoms with Crippen LogP contribution in [0.3, 0.4) is 0 Å². The van der Waals surface area contributed by atoms with Crippen molar-refractivity contribution in [2.75, 3.05) is 33.2 Å². The first-order valence-electron chi connectivity index (χ1n) is 8.08. The molecule has 1 atom stereocenters. The van der Waals surface area contributed by atoms with E-state index < -0.39 is 0 Å². The molecule has 0 saturated carbocycles. The summed E-state index contributed by atoms with van der Waals surface area (Å²) in [7, 11) is 1.77. The molecule has 1 saturated heterocycles. The van der Waals surface area contributed by atoms with Crippen molar-refractivity contribution in [1.29, 1.82) is 0 Å². The number of piperidine rings is 1. The van der Waals surface area contributed by atoms with Crippen molar-refractivity contribution in [3.8, 4) is 0 Å². The molecule has 1 fully saturated rings. The first-order valence-corrected chi connectivity index (χ1v) is 8.08. The summed E-state index contributed by atoms with van der Waals surface area (Å²) < 4.78 is 12.9. The van der Waals surface area contributed by atoms with Gasteiger partial charge in [0.25, 0.3) is 0 Å². The van der Waals surface area contributed by atoms with Gasteiger partial charge in [0.2, 0.25) is 0 Å². The predicted molar refractivity (Wildman–Crippen MR) is 105 cm³/mol. The van der Waals surface area contributed by atoms with Crippen LogP contribution in [0.2, 0.25) is 0 Å². The largest absolute Gasteiger partial charge is 0.355 e. The van der Waals surface area contributed by atoms with Crippen molar-refractivity contribution in [2.24, 2.45) is 10.9 Å². The minimum atomic E-state index is -0.206. The van der Waals surface area contributed by atoms with Gasteiger partial charge in [0.15, 0.2) is 5.96 Å². The fourth-order valence-corrected chi connectivity index (χ4v) is 2.83. The van der Waals surface area contributed by atoms with Crippen molar-refractivity contribution >= 4 is 29.9 Å². The molecule has 0 radical (unpaired) electrons. The molecule has 23 heavy (non-hydrogen) atoms. The van der Waals surface area contributed by atoms with E-state index in [0.717, 1.165) is 30.5 Å². The molecule has 0 aromatic heterocycles. The highest BCUT2D eigenvalue weighted by Crippen LogP contribution is 2.14. The van der Waals surface area contributed by atoms with Gasteiger partial charge in [0.05, 0.1) is 0 Å². The lowest BCUT2D eigenvalue weighted by Gasteiger charge is -2.30. The average Bonchev–Trinajstić information content (AvgIpc) is 2.52. The zero-order chi connectivity index (χ0) is 15.8. The molecule has 1 aromatic rings. The van der Waals surface area contributed by atoms with E-state index in [-0.39, 0.29) is 29.8 Å². The molecule has 6 heteroatoms. The maximum absolute atomic E-state index is 12.9. The maximum atomic E-state index is 12.9. The Morgan fingerprint density at radius 2 is 2.04 bits per heavy atom. The Morgan fingerprint density at radius 1 is 1.30 bits per heavy atom. The van der Waals surface area contributed by atoms with E-state index >= 15 is 0 Å². The molecular formula is C17H28FIN4. The summed E-state index contributed by atoms with van der Waals surface area (Å²) in [5.41, 5.74) is 1.04. The van der Waals surface area contributed by atoms with Gasteiger partial charge < -0.3 is 15.5 Å². The van der Waals surface area contributed by atoms with Crippen LogP contribution in [-0.2, 0) is 6.54 Å². The van der Waals surface area contributed by atoms with Gasteiger partial charge in [-0.15, -0.1) is 24.0 Å². The van der Waals surface area contributed by atoms with Crippen molar-refractivity contribution in [2.45, 2.75) is 26.3 Å². The molecular weight excluding hydrogens is 406 g/mol. The molecule has 1 aromatic carbocycles. The van der Waals surface area contributed by atoms with Crippen molar-refractivity contribution in [3.05, 3.63) is 35.6 Å². The zero-order valence-electron chi connectivity index (χ0n) is 14.0.